The van der Waals surface area contributed by atoms with Crippen molar-refractivity contribution < 1.29 is 18.0 Å². The molecule has 2 amide bonds. The summed E-state index contributed by atoms with van der Waals surface area (Å²) in [5, 5.41) is 8.39. The Hall–Kier alpha value is -1.19. The van der Waals surface area contributed by atoms with Gasteiger partial charge in [0.2, 0.25) is 21.8 Å². The Kier molecular flexibility index (Phi) is 4.61. The second-order valence-electron chi connectivity index (χ2n) is 5.18. The van der Waals surface area contributed by atoms with Crippen LogP contribution in [0.25, 0.3) is 0 Å². The van der Waals surface area contributed by atoms with Crippen molar-refractivity contribution in [2.45, 2.75) is 24.9 Å². The van der Waals surface area contributed by atoms with Crippen molar-refractivity contribution in [3.63, 3.8) is 0 Å². The molecule has 3 N–H and O–H groups in total. The molecule has 114 valence electrons. The Balaban J connectivity index is 1.78. The van der Waals surface area contributed by atoms with E-state index >= 15 is 0 Å². The van der Waals surface area contributed by atoms with Crippen LogP contribution in [0.15, 0.2) is 0 Å². The van der Waals surface area contributed by atoms with Crippen LogP contribution in [0, 0.1) is 0 Å². The fraction of sp³-hybridized carbons (Fsp3) is 0.818. The molecule has 2 saturated heterocycles. The molecule has 0 aliphatic carbocycles. The lowest BCUT2D eigenvalue weighted by Crippen LogP contribution is -2.59. The lowest BCUT2D eigenvalue weighted by atomic mass is 10.1. The third kappa shape index (κ3) is 3.90. The number of sulfonamides is 1. The number of piperidine rings is 1. The molecule has 8 nitrogen and oxygen atoms in total. The van der Waals surface area contributed by atoms with Gasteiger partial charge in [0.15, 0.2) is 0 Å². The standard InChI is InChI=1S/C11H20N4O4S/c1-20(18,19)15-4-2-8(3-5-15)14-11(17)9-6-13-10(16)7-12-9/h8-9,12H,2-7H2,1H3,(H,13,16)(H,14,17). The summed E-state index contributed by atoms with van der Waals surface area (Å²) in [7, 11) is -3.14. The number of hydrogen-bond donors (Lipinski definition) is 3. The van der Waals surface area contributed by atoms with Crippen LogP contribution in [0.5, 0.6) is 0 Å². The third-order valence-corrected chi connectivity index (χ3v) is 4.90. The summed E-state index contributed by atoms with van der Waals surface area (Å²) >= 11 is 0. The van der Waals surface area contributed by atoms with Gasteiger partial charge in [0.1, 0.15) is 6.04 Å². The van der Waals surface area contributed by atoms with Gasteiger partial charge in [-0.1, -0.05) is 0 Å². The van der Waals surface area contributed by atoms with Crippen molar-refractivity contribution >= 4 is 21.8 Å². The predicted molar refractivity (Wildman–Crippen MR) is 72.4 cm³/mol. The zero-order valence-corrected chi connectivity index (χ0v) is 12.2. The van der Waals surface area contributed by atoms with Crippen LogP contribution in [0.1, 0.15) is 12.8 Å². The lowest BCUT2D eigenvalue weighted by molar-refractivity contribution is -0.127. The smallest absolute Gasteiger partial charge is 0.239 e. The summed E-state index contributed by atoms with van der Waals surface area (Å²) in [5.41, 5.74) is 0. The van der Waals surface area contributed by atoms with Gasteiger partial charge < -0.3 is 10.6 Å². The fourth-order valence-electron chi connectivity index (χ4n) is 2.39. The minimum absolute atomic E-state index is 0.0140. The third-order valence-electron chi connectivity index (χ3n) is 3.60. The van der Waals surface area contributed by atoms with Gasteiger partial charge in [-0.05, 0) is 12.8 Å². The van der Waals surface area contributed by atoms with E-state index in [4.69, 9.17) is 0 Å². The molecule has 2 heterocycles. The van der Waals surface area contributed by atoms with E-state index in [2.05, 4.69) is 16.0 Å². The van der Waals surface area contributed by atoms with Gasteiger partial charge in [0, 0.05) is 25.7 Å². The Bertz CT molecular complexity index is 475. The monoisotopic (exact) mass is 304 g/mol. The maximum atomic E-state index is 12.0. The van der Waals surface area contributed by atoms with Crippen LogP contribution in [0.4, 0.5) is 0 Å². The maximum Gasteiger partial charge on any atom is 0.239 e. The average molecular weight is 304 g/mol. The number of carbonyl (C=O) groups is 2. The van der Waals surface area contributed by atoms with Gasteiger partial charge in [-0.25, -0.2) is 12.7 Å². The fourth-order valence-corrected chi connectivity index (χ4v) is 3.26. The van der Waals surface area contributed by atoms with Crippen molar-refractivity contribution in [2.75, 3.05) is 32.4 Å². The Morgan fingerprint density at radius 2 is 2.00 bits per heavy atom. The van der Waals surface area contributed by atoms with Gasteiger partial charge in [-0.15, -0.1) is 0 Å². The normalized spacial score (nSPS) is 26.1. The predicted octanol–water partition coefficient (Wildman–Crippen LogP) is -2.39. The molecular weight excluding hydrogens is 284 g/mol. The number of amides is 2. The molecule has 0 saturated carbocycles. The highest BCUT2D eigenvalue weighted by atomic mass is 32.2. The van der Waals surface area contributed by atoms with Gasteiger partial charge in [-0.2, -0.15) is 0 Å². The molecule has 20 heavy (non-hydrogen) atoms. The highest BCUT2D eigenvalue weighted by Crippen LogP contribution is 2.13. The summed E-state index contributed by atoms with van der Waals surface area (Å²) in [6.07, 6.45) is 2.41. The minimum Gasteiger partial charge on any atom is -0.353 e. The molecule has 0 aromatic carbocycles. The van der Waals surface area contributed by atoms with E-state index in [1.807, 2.05) is 0 Å². The number of nitrogens with one attached hydrogen (secondary N) is 3. The Labute approximate surface area is 118 Å². The first-order chi connectivity index (χ1) is 9.36. The zero-order valence-electron chi connectivity index (χ0n) is 11.4. The van der Waals surface area contributed by atoms with Gasteiger partial charge >= 0.3 is 0 Å². The molecule has 9 heteroatoms. The van der Waals surface area contributed by atoms with Crippen LogP contribution in [0.2, 0.25) is 0 Å². The quantitative estimate of drug-likeness (QED) is 0.539. The molecule has 0 aromatic heterocycles. The van der Waals surface area contributed by atoms with E-state index in [1.54, 1.807) is 0 Å². The molecule has 2 aliphatic rings. The number of rotatable bonds is 3. The van der Waals surface area contributed by atoms with Crippen LogP contribution >= 0.6 is 0 Å². The molecule has 0 aromatic rings. The number of hydrogen-bond acceptors (Lipinski definition) is 5. The topological polar surface area (TPSA) is 108 Å². The summed E-state index contributed by atoms with van der Waals surface area (Å²) in [6.45, 7) is 1.29. The molecule has 2 aliphatic heterocycles. The largest absolute Gasteiger partial charge is 0.353 e. The molecule has 0 spiro atoms. The van der Waals surface area contributed by atoms with Gasteiger partial charge in [-0.3, -0.25) is 14.9 Å². The zero-order chi connectivity index (χ0) is 14.8. The highest BCUT2D eigenvalue weighted by molar-refractivity contribution is 7.88. The summed E-state index contributed by atoms with van der Waals surface area (Å²) in [5.74, 6) is -0.265. The van der Waals surface area contributed by atoms with Gasteiger partial charge in [0.05, 0.1) is 12.8 Å². The molecule has 0 radical (unpaired) electrons. The number of piperazine rings is 1. The number of nitrogens with zero attached hydrogens (tertiary/aromatic N) is 1. The molecule has 2 fully saturated rings. The van der Waals surface area contributed by atoms with Crippen molar-refractivity contribution in [3.8, 4) is 0 Å². The SMILES string of the molecule is CS(=O)(=O)N1CCC(NC(=O)C2CNC(=O)CN2)CC1. The first-order valence-corrected chi connectivity index (χ1v) is 8.46. The molecule has 0 bridgehead atoms. The summed E-state index contributed by atoms with van der Waals surface area (Å²) in [6, 6.07) is -0.430. The van der Waals surface area contributed by atoms with Gasteiger partial charge in [0.25, 0.3) is 0 Å². The molecule has 2 rings (SSSR count). The van der Waals surface area contributed by atoms with E-state index in [9.17, 15) is 18.0 Å². The second kappa shape index (κ2) is 6.06. The van der Waals surface area contributed by atoms with Crippen LogP contribution in [0.3, 0.4) is 0 Å². The lowest BCUT2D eigenvalue weighted by Gasteiger charge is -2.32. The van der Waals surface area contributed by atoms with Crippen LogP contribution in [-0.2, 0) is 19.6 Å². The van der Waals surface area contributed by atoms with E-state index in [0.717, 1.165) is 0 Å². The first kappa shape index (κ1) is 15.2. The van der Waals surface area contributed by atoms with E-state index < -0.39 is 16.1 Å². The Morgan fingerprint density at radius 1 is 1.35 bits per heavy atom. The van der Waals surface area contributed by atoms with E-state index in [0.29, 0.717) is 25.9 Å². The van der Waals surface area contributed by atoms with Crippen molar-refractivity contribution in [3.05, 3.63) is 0 Å². The van der Waals surface area contributed by atoms with E-state index in [-0.39, 0.29) is 30.9 Å². The highest BCUT2D eigenvalue weighted by Gasteiger charge is 2.29. The van der Waals surface area contributed by atoms with E-state index in [1.165, 1.54) is 10.6 Å². The molecule has 1 unspecified atom stereocenters. The molecule has 1 atom stereocenters. The Morgan fingerprint density at radius 3 is 2.50 bits per heavy atom. The van der Waals surface area contributed by atoms with Crippen molar-refractivity contribution in [2.24, 2.45) is 0 Å². The number of carbonyl (C=O) groups excluding carboxylic acids is 2. The van der Waals surface area contributed by atoms with Crippen molar-refractivity contribution in [1.82, 2.24) is 20.3 Å². The summed E-state index contributed by atoms with van der Waals surface area (Å²) in [4.78, 5) is 23.0. The molecular formula is C11H20N4O4S. The minimum atomic E-state index is -3.14. The van der Waals surface area contributed by atoms with Crippen molar-refractivity contribution in [1.29, 1.82) is 0 Å². The van der Waals surface area contributed by atoms with Crippen LogP contribution in [-0.4, -0.2) is 69.1 Å². The average Bonchev–Trinajstić information content (AvgIpc) is 2.39. The first-order valence-electron chi connectivity index (χ1n) is 6.62. The van der Waals surface area contributed by atoms with Crippen LogP contribution < -0.4 is 16.0 Å². The maximum absolute atomic E-state index is 12.0. The second-order valence-corrected chi connectivity index (χ2v) is 7.16. The summed E-state index contributed by atoms with van der Waals surface area (Å²) < 4.78 is 24.2.